The Bertz CT molecular complexity index is 218. The summed E-state index contributed by atoms with van der Waals surface area (Å²) in [6.45, 7) is 8.53. The van der Waals surface area contributed by atoms with Crippen molar-refractivity contribution in [2.24, 2.45) is 0 Å². The first-order chi connectivity index (χ1) is 7.04. The van der Waals surface area contributed by atoms with E-state index in [1.54, 1.807) is 7.05 Å². The van der Waals surface area contributed by atoms with Crippen molar-refractivity contribution < 1.29 is 4.79 Å². The average Bonchev–Trinajstić information content (AvgIpc) is 2.65. The molecule has 1 heterocycles. The molecule has 1 fully saturated rings. The van der Waals surface area contributed by atoms with Gasteiger partial charge >= 0.3 is 0 Å². The third-order valence-corrected chi connectivity index (χ3v) is 3.08. The molecule has 0 aromatic rings. The molecule has 2 atom stereocenters. The number of amides is 1. The molecule has 4 nitrogen and oxygen atoms in total. The number of nitrogens with zero attached hydrogens (tertiary/aromatic N) is 1. The lowest BCUT2D eigenvalue weighted by molar-refractivity contribution is -0.122. The molecule has 0 spiro atoms. The van der Waals surface area contributed by atoms with E-state index in [-0.39, 0.29) is 11.9 Å². The van der Waals surface area contributed by atoms with Gasteiger partial charge in [0.05, 0.1) is 6.04 Å². The van der Waals surface area contributed by atoms with Crippen LogP contribution in [0.4, 0.5) is 0 Å². The fourth-order valence-corrected chi connectivity index (χ4v) is 2.04. The van der Waals surface area contributed by atoms with E-state index in [1.165, 1.54) is 0 Å². The van der Waals surface area contributed by atoms with Crippen LogP contribution in [-0.4, -0.2) is 49.1 Å². The topological polar surface area (TPSA) is 44.4 Å². The SMILES string of the molecule is CNC(=O)C(C)NC1CCN(C(C)C)C1. The Hall–Kier alpha value is -0.610. The van der Waals surface area contributed by atoms with E-state index >= 15 is 0 Å². The van der Waals surface area contributed by atoms with Gasteiger partial charge in [-0.25, -0.2) is 0 Å². The third kappa shape index (κ3) is 3.47. The highest BCUT2D eigenvalue weighted by molar-refractivity contribution is 5.80. The smallest absolute Gasteiger partial charge is 0.236 e. The summed E-state index contributed by atoms with van der Waals surface area (Å²) in [5, 5.41) is 6.02. The van der Waals surface area contributed by atoms with Crippen LogP contribution < -0.4 is 10.6 Å². The zero-order valence-corrected chi connectivity index (χ0v) is 10.2. The maximum absolute atomic E-state index is 11.3. The van der Waals surface area contributed by atoms with E-state index in [4.69, 9.17) is 0 Å². The van der Waals surface area contributed by atoms with Crippen molar-refractivity contribution in [3.05, 3.63) is 0 Å². The van der Waals surface area contributed by atoms with Gasteiger partial charge in [0.15, 0.2) is 0 Å². The van der Waals surface area contributed by atoms with Crippen LogP contribution in [0.3, 0.4) is 0 Å². The van der Waals surface area contributed by atoms with E-state index in [0.29, 0.717) is 12.1 Å². The molecule has 1 saturated heterocycles. The number of likely N-dealkylation sites (tertiary alicyclic amines) is 1. The van der Waals surface area contributed by atoms with E-state index in [1.807, 2.05) is 6.92 Å². The zero-order chi connectivity index (χ0) is 11.4. The first-order valence-electron chi connectivity index (χ1n) is 5.76. The van der Waals surface area contributed by atoms with Gasteiger partial charge in [-0.15, -0.1) is 0 Å². The number of nitrogens with one attached hydrogen (secondary N) is 2. The lowest BCUT2D eigenvalue weighted by Crippen LogP contribution is -2.46. The van der Waals surface area contributed by atoms with Gasteiger partial charge in [0.1, 0.15) is 0 Å². The van der Waals surface area contributed by atoms with Crippen LogP contribution in [0, 0.1) is 0 Å². The van der Waals surface area contributed by atoms with Crippen LogP contribution in [-0.2, 0) is 4.79 Å². The normalized spacial score (nSPS) is 24.5. The minimum absolute atomic E-state index is 0.0676. The summed E-state index contributed by atoms with van der Waals surface area (Å²) in [6, 6.07) is 0.971. The average molecular weight is 213 g/mol. The van der Waals surface area contributed by atoms with Crippen LogP contribution in [0.1, 0.15) is 27.2 Å². The van der Waals surface area contributed by atoms with Gasteiger partial charge in [0.2, 0.25) is 5.91 Å². The van der Waals surface area contributed by atoms with Gasteiger partial charge in [-0.3, -0.25) is 9.69 Å². The van der Waals surface area contributed by atoms with E-state index in [0.717, 1.165) is 19.5 Å². The number of carbonyl (C=O) groups is 1. The Kier molecular flexibility index (Phi) is 4.54. The van der Waals surface area contributed by atoms with Crippen molar-refractivity contribution in [1.82, 2.24) is 15.5 Å². The Morgan fingerprint density at radius 1 is 1.40 bits per heavy atom. The Morgan fingerprint density at radius 3 is 2.53 bits per heavy atom. The largest absolute Gasteiger partial charge is 0.358 e. The third-order valence-electron chi connectivity index (χ3n) is 3.08. The van der Waals surface area contributed by atoms with Gasteiger partial charge in [-0.1, -0.05) is 0 Å². The highest BCUT2D eigenvalue weighted by Gasteiger charge is 2.26. The quantitative estimate of drug-likeness (QED) is 0.701. The fourth-order valence-electron chi connectivity index (χ4n) is 2.04. The summed E-state index contributed by atoms with van der Waals surface area (Å²) in [5.74, 6) is 0.0676. The molecule has 0 bridgehead atoms. The first kappa shape index (κ1) is 12.5. The Morgan fingerprint density at radius 2 is 2.07 bits per heavy atom. The molecule has 0 aliphatic carbocycles. The molecule has 0 aromatic carbocycles. The van der Waals surface area contributed by atoms with Crippen molar-refractivity contribution >= 4 is 5.91 Å². The summed E-state index contributed by atoms with van der Waals surface area (Å²) < 4.78 is 0. The molecule has 1 aliphatic rings. The summed E-state index contributed by atoms with van der Waals surface area (Å²) in [7, 11) is 1.68. The number of rotatable bonds is 4. The molecular weight excluding hydrogens is 190 g/mol. The van der Waals surface area contributed by atoms with Gasteiger partial charge in [-0.2, -0.15) is 0 Å². The van der Waals surface area contributed by atoms with Crippen LogP contribution in [0.15, 0.2) is 0 Å². The van der Waals surface area contributed by atoms with Crippen LogP contribution in [0.2, 0.25) is 0 Å². The number of carbonyl (C=O) groups excluding carboxylic acids is 1. The van der Waals surface area contributed by atoms with E-state index < -0.39 is 0 Å². The van der Waals surface area contributed by atoms with Gasteiger partial charge in [0.25, 0.3) is 0 Å². The maximum atomic E-state index is 11.3. The molecule has 88 valence electrons. The molecule has 0 aromatic heterocycles. The van der Waals surface area contributed by atoms with Crippen molar-refractivity contribution in [3.8, 4) is 0 Å². The van der Waals surface area contributed by atoms with Crippen LogP contribution in [0.5, 0.6) is 0 Å². The predicted molar refractivity (Wildman–Crippen MR) is 61.8 cm³/mol. The number of hydrogen-bond acceptors (Lipinski definition) is 3. The highest BCUT2D eigenvalue weighted by Crippen LogP contribution is 2.12. The molecule has 4 heteroatoms. The standard InChI is InChI=1S/C11H23N3O/c1-8(2)14-6-5-10(7-14)13-9(3)11(15)12-4/h8-10,13H,5-7H2,1-4H3,(H,12,15). The summed E-state index contributed by atoms with van der Waals surface area (Å²) in [6.07, 6.45) is 1.14. The molecule has 1 amide bonds. The van der Waals surface area contributed by atoms with Crippen molar-refractivity contribution in [2.45, 2.75) is 45.3 Å². The second kappa shape index (κ2) is 5.47. The van der Waals surface area contributed by atoms with Crippen molar-refractivity contribution in [2.75, 3.05) is 20.1 Å². The number of hydrogen-bond donors (Lipinski definition) is 2. The van der Waals surface area contributed by atoms with E-state index in [9.17, 15) is 4.79 Å². The highest BCUT2D eigenvalue weighted by atomic mass is 16.2. The second-order valence-corrected chi connectivity index (χ2v) is 4.58. The molecular formula is C11H23N3O. The monoisotopic (exact) mass is 213 g/mol. The molecule has 0 radical (unpaired) electrons. The molecule has 2 unspecified atom stereocenters. The fraction of sp³-hybridized carbons (Fsp3) is 0.909. The van der Waals surface area contributed by atoms with Crippen LogP contribution in [0.25, 0.3) is 0 Å². The predicted octanol–water partition coefficient (Wildman–Crippen LogP) is 0.193. The van der Waals surface area contributed by atoms with Gasteiger partial charge in [0, 0.05) is 25.7 Å². The summed E-state index contributed by atoms with van der Waals surface area (Å²) in [5.41, 5.74) is 0. The molecule has 2 N–H and O–H groups in total. The number of likely N-dealkylation sites (N-methyl/N-ethyl adjacent to an activating group) is 1. The van der Waals surface area contributed by atoms with Crippen LogP contribution >= 0.6 is 0 Å². The lowest BCUT2D eigenvalue weighted by Gasteiger charge is -2.22. The van der Waals surface area contributed by atoms with Gasteiger partial charge < -0.3 is 10.6 Å². The van der Waals surface area contributed by atoms with Gasteiger partial charge in [-0.05, 0) is 33.7 Å². The molecule has 1 aliphatic heterocycles. The van der Waals surface area contributed by atoms with Crippen molar-refractivity contribution in [1.29, 1.82) is 0 Å². The van der Waals surface area contributed by atoms with E-state index in [2.05, 4.69) is 29.4 Å². The second-order valence-electron chi connectivity index (χ2n) is 4.58. The Balaban J connectivity index is 2.32. The molecule has 15 heavy (non-hydrogen) atoms. The maximum Gasteiger partial charge on any atom is 0.236 e. The van der Waals surface area contributed by atoms with Crippen molar-refractivity contribution in [3.63, 3.8) is 0 Å². The summed E-state index contributed by atoms with van der Waals surface area (Å²) in [4.78, 5) is 13.8. The molecule has 0 saturated carbocycles. The Labute approximate surface area is 92.4 Å². The summed E-state index contributed by atoms with van der Waals surface area (Å²) >= 11 is 0. The zero-order valence-electron chi connectivity index (χ0n) is 10.2. The first-order valence-corrected chi connectivity index (χ1v) is 5.76. The minimum Gasteiger partial charge on any atom is -0.358 e. The minimum atomic E-state index is -0.0906. The molecule has 1 rings (SSSR count). The lowest BCUT2D eigenvalue weighted by atomic mass is 10.2.